The first-order valence-corrected chi connectivity index (χ1v) is 9.64. The van der Waals surface area contributed by atoms with Crippen LogP contribution in [0.25, 0.3) is 10.9 Å². The summed E-state index contributed by atoms with van der Waals surface area (Å²) in [4.78, 5) is 33.9. The average Bonchev–Trinajstić information content (AvgIpc) is 3.21. The fraction of sp³-hybridized carbons (Fsp3) is 0.300. The second kappa shape index (κ2) is 5.45. The first kappa shape index (κ1) is 15.6. The lowest BCUT2D eigenvalue weighted by atomic mass is 9.88. The normalized spacial score (nSPS) is 22.7. The van der Waals surface area contributed by atoms with E-state index in [0.717, 1.165) is 32.6 Å². The maximum Gasteiger partial charge on any atom is 0.245 e. The molecule has 1 N–H and O–H groups in total. The molecule has 0 bridgehead atoms. The Balaban J connectivity index is 1.79. The van der Waals surface area contributed by atoms with Gasteiger partial charge in [0.15, 0.2) is 0 Å². The lowest BCUT2D eigenvalue weighted by Crippen LogP contribution is -2.62. The maximum absolute atomic E-state index is 12.9. The van der Waals surface area contributed by atoms with Crippen LogP contribution in [-0.2, 0) is 16.0 Å². The van der Waals surface area contributed by atoms with E-state index in [1.807, 2.05) is 17.0 Å². The van der Waals surface area contributed by atoms with E-state index in [-0.39, 0.29) is 24.4 Å². The van der Waals surface area contributed by atoms with Crippen LogP contribution in [0.5, 0.6) is 0 Å². The van der Waals surface area contributed by atoms with Crippen LogP contribution in [0.1, 0.15) is 27.7 Å². The molecule has 0 unspecified atom stereocenters. The molecule has 5 nitrogen and oxygen atoms in total. The maximum atomic E-state index is 12.9. The summed E-state index contributed by atoms with van der Waals surface area (Å²) in [7, 11) is 1.72. The fourth-order valence-electron chi connectivity index (χ4n) is 4.35. The van der Waals surface area contributed by atoms with Gasteiger partial charge in [-0.1, -0.05) is 18.2 Å². The summed E-state index contributed by atoms with van der Waals surface area (Å²) in [6.07, 6.45) is 0.565. The highest BCUT2D eigenvalue weighted by Crippen LogP contribution is 2.44. The summed E-state index contributed by atoms with van der Waals surface area (Å²) < 4.78 is 0. The number of para-hydroxylation sites is 1. The molecule has 4 heterocycles. The molecule has 2 aliphatic heterocycles. The van der Waals surface area contributed by atoms with Crippen molar-refractivity contribution in [3.8, 4) is 0 Å². The number of carbonyl (C=O) groups excluding carboxylic acids is 2. The summed E-state index contributed by atoms with van der Waals surface area (Å²) in [6, 6.07) is 9.61. The van der Waals surface area contributed by atoms with E-state index in [0.29, 0.717) is 6.42 Å². The Labute approximate surface area is 155 Å². The molecule has 0 spiro atoms. The number of nitrogens with one attached hydrogen (secondary N) is 1. The Kier molecular flexibility index (Phi) is 3.28. The van der Waals surface area contributed by atoms with Crippen LogP contribution in [0, 0.1) is 6.92 Å². The van der Waals surface area contributed by atoms with E-state index in [2.05, 4.69) is 35.5 Å². The highest BCUT2D eigenvalue weighted by molar-refractivity contribution is 7.10. The zero-order valence-corrected chi connectivity index (χ0v) is 15.5. The van der Waals surface area contributed by atoms with E-state index in [1.165, 1.54) is 0 Å². The van der Waals surface area contributed by atoms with Crippen LogP contribution in [0.2, 0.25) is 0 Å². The first-order valence-electron chi connectivity index (χ1n) is 8.76. The Morgan fingerprint density at radius 2 is 2.00 bits per heavy atom. The fourth-order valence-corrected chi connectivity index (χ4v) is 5.38. The number of aromatic nitrogens is 1. The van der Waals surface area contributed by atoms with Crippen LogP contribution in [0.4, 0.5) is 0 Å². The van der Waals surface area contributed by atoms with Gasteiger partial charge in [0, 0.05) is 34.9 Å². The van der Waals surface area contributed by atoms with Crippen molar-refractivity contribution in [1.82, 2.24) is 14.8 Å². The van der Waals surface area contributed by atoms with Crippen molar-refractivity contribution in [2.75, 3.05) is 13.6 Å². The minimum Gasteiger partial charge on any atom is -0.356 e. The Morgan fingerprint density at radius 3 is 2.77 bits per heavy atom. The number of rotatable bonds is 1. The van der Waals surface area contributed by atoms with E-state index < -0.39 is 6.04 Å². The molecule has 0 saturated carbocycles. The Hall–Kier alpha value is -2.60. The van der Waals surface area contributed by atoms with Gasteiger partial charge in [0.05, 0.1) is 6.54 Å². The number of piperazine rings is 1. The molecule has 6 heteroatoms. The number of benzene rings is 1. The standard InChI is InChI=1S/C20H19N3O2S/c1-11-7-8-26-19(11)18-17-13(12-5-3-4-6-14(12)21-17)9-15-20(25)22(2)10-16(24)23(15)18/h3-8,15,18,21H,9-10H2,1-2H3/t15-,18+/m1/s1. The molecule has 1 saturated heterocycles. The van der Waals surface area contributed by atoms with Gasteiger partial charge in [0.2, 0.25) is 11.8 Å². The molecular formula is C20H19N3O2S. The van der Waals surface area contributed by atoms with Gasteiger partial charge in [0.1, 0.15) is 12.1 Å². The molecule has 1 aromatic carbocycles. The van der Waals surface area contributed by atoms with Crippen molar-refractivity contribution < 1.29 is 9.59 Å². The van der Waals surface area contributed by atoms with Crippen molar-refractivity contribution in [1.29, 1.82) is 0 Å². The molecule has 2 amide bonds. The molecule has 0 radical (unpaired) electrons. The number of aromatic amines is 1. The largest absolute Gasteiger partial charge is 0.356 e. The van der Waals surface area contributed by atoms with Crippen molar-refractivity contribution in [2.45, 2.75) is 25.4 Å². The molecule has 132 valence electrons. The van der Waals surface area contributed by atoms with Gasteiger partial charge in [-0.15, -0.1) is 11.3 Å². The summed E-state index contributed by atoms with van der Waals surface area (Å²) in [5, 5.41) is 3.20. The summed E-state index contributed by atoms with van der Waals surface area (Å²) in [5.41, 5.74) is 4.43. The lowest BCUT2D eigenvalue weighted by Gasteiger charge is -2.46. The number of carbonyl (C=O) groups is 2. The van der Waals surface area contributed by atoms with Crippen molar-refractivity contribution in [3.05, 3.63) is 57.4 Å². The zero-order valence-electron chi connectivity index (χ0n) is 14.7. The highest BCUT2D eigenvalue weighted by atomic mass is 32.1. The van der Waals surface area contributed by atoms with Crippen molar-refractivity contribution in [3.63, 3.8) is 0 Å². The quantitative estimate of drug-likeness (QED) is 0.721. The monoisotopic (exact) mass is 365 g/mol. The smallest absolute Gasteiger partial charge is 0.245 e. The summed E-state index contributed by atoms with van der Waals surface area (Å²) in [6.45, 7) is 2.21. The van der Waals surface area contributed by atoms with Crippen LogP contribution < -0.4 is 0 Å². The number of thiophene rings is 1. The van der Waals surface area contributed by atoms with Crippen LogP contribution in [-0.4, -0.2) is 46.2 Å². The first-order chi connectivity index (χ1) is 12.6. The van der Waals surface area contributed by atoms with Crippen molar-refractivity contribution >= 4 is 34.1 Å². The summed E-state index contributed by atoms with van der Waals surface area (Å²) >= 11 is 1.65. The average molecular weight is 365 g/mol. The Morgan fingerprint density at radius 1 is 1.19 bits per heavy atom. The van der Waals surface area contributed by atoms with Gasteiger partial charge < -0.3 is 14.8 Å². The van der Waals surface area contributed by atoms with Crippen LogP contribution in [0.3, 0.4) is 0 Å². The molecule has 0 aliphatic carbocycles. The van der Waals surface area contributed by atoms with Crippen molar-refractivity contribution in [2.24, 2.45) is 0 Å². The Bertz CT molecular complexity index is 1050. The molecule has 2 aliphatic rings. The van der Waals surface area contributed by atoms with Gasteiger partial charge in [-0.3, -0.25) is 9.59 Å². The van der Waals surface area contributed by atoms with E-state index >= 15 is 0 Å². The minimum absolute atomic E-state index is 0.0132. The van der Waals surface area contributed by atoms with E-state index in [4.69, 9.17) is 0 Å². The molecule has 1 fully saturated rings. The molecule has 26 heavy (non-hydrogen) atoms. The van der Waals surface area contributed by atoms with Gasteiger partial charge in [-0.25, -0.2) is 0 Å². The molecule has 3 aromatic rings. The second-order valence-corrected chi connectivity index (χ2v) is 8.10. The number of nitrogens with zero attached hydrogens (tertiary/aromatic N) is 2. The number of likely N-dealkylation sites (N-methyl/N-ethyl adjacent to an activating group) is 1. The van der Waals surface area contributed by atoms with Crippen LogP contribution >= 0.6 is 11.3 Å². The summed E-state index contributed by atoms with van der Waals surface area (Å²) in [5.74, 6) is 0.0407. The third-order valence-corrected chi connectivity index (χ3v) is 6.67. The second-order valence-electron chi connectivity index (χ2n) is 7.15. The number of amides is 2. The van der Waals surface area contributed by atoms with E-state index in [9.17, 15) is 9.59 Å². The number of hydrogen-bond donors (Lipinski definition) is 1. The number of hydrogen-bond acceptors (Lipinski definition) is 3. The molecule has 2 aromatic heterocycles. The number of aryl methyl sites for hydroxylation is 1. The van der Waals surface area contributed by atoms with E-state index in [1.54, 1.807) is 23.3 Å². The highest BCUT2D eigenvalue weighted by Gasteiger charge is 2.47. The number of H-pyrrole nitrogens is 1. The SMILES string of the molecule is Cc1ccsc1[C@@H]1c2[nH]c3ccccc3c2C[C@@H]2C(=O)N(C)CC(=O)N12. The third kappa shape index (κ3) is 2.02. The van der Waals surface area contributed by atoms with Gasteiger partial charge >= 0.3 is 0 Å². The topological polar surface area (TPSA) is 56.4 Å². The third-order valence-electron chi connectivity index (χ3n) is 5.60. The zero-order chi connectivity index (χ0) is 18.0. The van der Waals surface area contributed by atoms with Gasteiger partial charge in [-0.2, -0.15) is 0 Å². The minimum atomic E-state index is -0.431. The van der Waals surface area contributed by atoms with Crippen LogP contribution in [0.15, 0.2) is 35.7 Å². The van der Waals surface area contributed by atoms with Gasteiger partial charge in [-0.05, 0) is 35.6 Å². The molecule has 5 rings (SSSR count). The lowest BCUT2D eigenvalue weighted by molar-refractivity contribution is -0.157. The predicted molar refractivity (Wildman–Crippen MR) is 101 cm³/mol. The number of fused-ring (bicyclic) bond motifs is 4. The predicted octanol–water partition coefficient (Wildman–Crippen LogP) is 2.85. The van der Waals surface area contributed by atoms with Gasteiger partial charge in [0.25, 0.3) is 0 Å². The molecule has 2 atom stereocenters. The molecular weight excluding hydrogens is 346 g/mol.